The molecule has 0 radical (unpaired) electrons. The first-order chi connectivity index (χ1) is 6.86. The molecule has 4 N–H and O–H groups in total. The smallest absolute Gasteiger partial charge is 0.339 e. The molecular formula is C10H15N3O2. The summed E-state index contributed by atoms with van der Waals surface area (Å²) in [7, 11) is 0. The molecule has 0 aromatic carbocycles. The molecule has 0 spiro atoms. The Bertz CT molecular complexity index is 383. The predicted octanol–water partition coefficient (Wildman–Crippen LogP) is 1.36. The number of aromatic carboxylic acids is 1. The SMILES string of the molecule is CC(C)(C)c1ccc(C(=O)O)c(NN)n1. The lowest BCUT2D eigenvalue weighted by Crippen LogP contribution is -2.19. The third-order valence-corrected chi connectivity index (χ3v) is 2.03. The van der Waals surface area contributed by atoms with Crippen LogP contribution in [-0.2, 0) is 5.41 Å². The van der Waals surface area contributed by atoms with Gasteiger partial charge in [0.1, 0.15) is 5.56 Å². The quantitative estimate of drug-likeness (QED) is 0.505. The average molecular weight is 209 g/mol. The Hall–Kier alpha value is -1.62. The summed E-state index contributed by atoms with van der Waals surface area (Å²) in [5.41, 5.74) is 3.03. The van der Waals surface area contributed by atoms with Crippen molar-refractivity contribution in [1.82, 2.24) is 4.98 Å². The summed E-state index contributed by atoms with van der Waals surface area (Å²) < 4.78 is 0. The Balaban J connectivity index is 3.25. The van der Waals surface area contributed by atoms with E-state index in [9.17, 15) is 4.79 Å². The van der Waals surface area contributed by atoms with Crippen molar-refractivity contribution in [2.24, 2.45) is 5.84 Å². The van der Waals surface area contributed by atoms with Gasteiger partial charge in [-0.2, -0.15) is 0 Å². The summed E-state index contributed by atoms with van der Waals surface area (Å²) in [6, 6.07) is 3.20. The fourth-order valence-corrected chi connectivity index (χ4v) is 1.16. The van der Waals surface area contributed by atoms with E-state index in [1.165, 1.54) is 6.07 Å². The number of nitrogen functional groups attached to an aromatic ring is 1. The summed E-state index contributed by atoms with van der Waals surface area (Å²) >= 11 is 0. The van der Waals surface area contributed by atoms with E-state index in [1.807, 2.05) is 20.8 Å². The number of carboxylic acids is 1. The monoisotopic (exact) mass is 209 g/mol. The first-order valence-corrected chi connectivity index (χ1v) is 4.57. The van der Waals surface area contributed by atoms with Gasteiger partial charge in [-0.3, -0.25) is 0 Å². The van der Waals surface area contributed by atoms with Crippen molar-refractivity contribution in [3.63, 3.8) is 0 Å². The molecule has 0 aliphatic carbocycles. The molecule has 0 saturated heterocycles. The third-order valence-electron chi connectivity index (χ3n) is 2.03. The number of pyridine rings is 1. The number of aromatic nitrogens is 1. The van der Waals surface area contributed by atoms with Crippen LogP contribution in [0.3, 0.4) is 0 Å². The Morgan fingerprint density at radius 3 is 2.47 bits per heavy atom. The first-order valence-electron chi connectivity index (χ1n) is 4.57. The number of nitrogens with zero attached hydrogens (tertiary/aromatic N) is 1. The van der Waals surface area contributed by atoms with Crippen molar-refractivity contribution in [3.8, 4) is 0 Å². The molecule has 1 aromatic rings. The number of hydrogen-bond acceptors (Lipinski definition) is 4. The zero-order valence-electron chi connectivity index (χ0n) is 9.03. The second-order valence-electron chi connectivity index (χ2n) is 4.29. The maximum Gasteiger partial charge on any atom is 0.339 e. The highest BCUT2D eigenvalue weighted by atomic mass is 16.4. The number of nitrogens with one attached hydrogen (secondary N) is 1. The second kappa shape index (κ2) is 3.86. The van der Waals surface area contributed by atoms with E-state index in [0.717, 1.165) is 5.69 Å². The summed E-state index contributed by atoms with van der Waals surface area (Å²) in [6.45, 7) is 5.99. The maximum atomic E-state index is 10.8. The Labute approximate surface area is 88.3 Å². The van der Waals surface area contributed by atoms with E-state index in [4.69, 9.17) is 10.9 Å². The Kier molecular flexibility index (Phi) is 2.95. The fourth-order valence-electron chi connectivity index (χ4n) is 1.16. The summed E-state index contributed by atoms with van der Waals surface area (Å²) in [5.74, 6) is 4.37. The van der Waals surface area contributed by atoms with Crippen LogP contribution < -0.4 is 11.3 Å². The molecule has 0 fully saturated rings. The standard InChI is InChI=1S/C10H15N3O2/c1-10(2,3)7-5-4-6(9(14)15)8(12-7)13-11/h4-5H,11H2,1-3H3,(H,12,13)(H,14,15). The van der Waals surface area contributed by atoms with Crippen molar-refractivity contribution in [2.45, 2.75) is 26.2 Å². The highest BCUT2D eigenvalue weighted by molar-refractivity contribution is 5.93. The van der Waals surface area contributed by atoms with E-state index in [0.29, 0.717) is 0 Å². The number of rotatable bonds is 2. The molecule has 0 amide bonds. The van der Waals surface area contributed by atoms with Gasteiger partial charge in [0, 0.05) is 11.1 Å². The van der Waals surface area contributed by atoms with E-state index >= 15 is 0 Å². The first kappa shape index (κ1) is 11.5. The van der Waals surface area contributed by atoms with Crippen LogP contribution in [0.2, 0.25) is 0 Å². The molecule has 15 heavy (non-hydrogen) atoms. The highest BCUT2D eigenvalue weighted by Gasteiger charge is 2.19. The lowest BCUT2D eigenvalue weighted by atomic mass is 9.91. The minimum absolute atomic E-state index is 0.0745. The summed E-state index contributed by atoms with van der Waals surface area (Å²) in [5, 5.41) is 8.85. The van der Waals surface area contributed by atoms with Crippen LogP contribution >= 0.6 is 0 Å². The second-order valence-corrected chi connectivity index (χ2v) is 4.29. The van der Waals surface area contributed by atoms with Crippen LogP contribution in [-0.4, -0.2) is 16.1 Å². The average Bonchev–Trinajstić information content (AvgIpc) is 2.15. The van der Waals surface area contributed by atoms with Gasteiger partial charge in [-0.15, -0.1) is 0 Å². The minimum atomic E-state index is -1.05. The van der Waals surface area contributed by atoms with E-state index in [2.05, 4.69) is 10.4 Å². The van der Waals surface area contributed by atoms with Crippen LogP contribution in [0.15, 0.2) is 12.1 Å². The van der Waals surface area contributed by atoms with Gasteiger partial charge < -0.3 is 10.5 Å². The molecule has 0 saturated carbocycles. The van der Waals surface area contributed by atoms with Crippen LogP contribution in [0, 0.1) is 0 Å². The van der Waals surface area contributed by atoms with Crippen LogP contribution in [0.25, 0.3) is 0 Å². The third kappa shape index (κ3) is 2.44. The van der Waals surface area contributed by atoms with E-state index < -0.39 is 5.97 Å². The lowest BCUT2D eigenvalue weighted by molar-refractivity contribution is 0.0697. The van der Waals surface area contributed by atoms with Crippen molar-refractivity contribution in [1.29, 1.82) is 0 Å². The van der Waals surface area contributed by atoms with Crippen LogP contribution in [0.1, 0.15) is 36.8 Å². The molecule has 0 atom stereocenters. The van der Waals surface area contributed by atoms with Gasteiger partial charge in [0.2, 0.25) is 0 Å². The maximum absolute atomic E-state index is 10.8. The number of hydrogen-bond donors (Lipinski definition) is 3. The molecule has 0 aliphatic rings. The molecular weight excluding hydrogens is 194 g/mol. The van der Waals surface area contributed by atoms with Gasteiger partial charge in [0.25, 0.3) is 0 Å². The Morgan fingerprint density at radius 2 is 2.07 bits per heavy atom. The zero-order chi connectivity index (χ0) is 11.6. The molecule has 5 heteroatoms. The molecule has 0 bridgehead atoms. The summed E-state index contributed by atoms with van der Waals surface area (Å²) in [6.07, 6.45) is 0. The highest BCUT2D eigenvalue weighted by Crippen LogP contribution is 2.23. The van der Waals surface area contributed by atoms with Crippen LogP contribution in [0.5, 0.6) is 0 Å². The molecule has 82 valence electrons. The normalized spacial score (nSPS) is 11.2. The van der Waals surface area contributed by atoms with Gasteiger partial charge in [-0.25, -0.2) is 15.6 Å². The van der Waals surface area contributed by atoms with Gasteiger partial charge in [-0.05, 0) is 12.1 Å². The van der Waals surface area contributed by atoms with Crippen molar-refractivity contribution >= 4 is 11.8 Å². The number of carboxylic acid groups (broad SMARTS) is 1. The van der Waals surface area contributed by atoms with Crippen molar-refractivity contribution < 1.29 is 9.90 Å². The molecule has 5 nitrogen and oxygen atoms in total. The fraction of sp³-hybridized carbons (Fsp3) is 0.400. The number of hydrazine groups is 1. The molecule has 0 aliphatic heterocycles. The predicted molar refractivity (Wildman–Crippen MR) is 57.7 cm³/mol. The summed E-state index contributed by atoms with van der Waals surface area (Å²) in [4.78, 5) is 15.0. The minimum Gasteiger partial charge on any atom is -0.478 e. The molecule has 0 unspecified atom stereocenters. The largest absolute Gasteiger partial charge is 0.478 e. The molecule has 1 aromatic heterocycles. The lowest BCUT2D eigenvalue weighted by Gasteiger charge is -2.18. The van der Waals surface area contributed by atoms with E-state index in [-0.39, 0.29) is 16.8 Å². The van der Waals surface area contributed by atoms with Crippen molar-refractivity contribution in [3.05, 3.63) is 23.4 Å². The molecule has 1 rings (SSSR count). The topological polar surface area (TPSA) is 88.2 Å². The van der Waals surface area contributed by atoms with Gasteiger partial charge in [0.05, 0.1) is 0 Å². The van der Waals surface area contributed by atoms with Crippen molar-refractivity contribution in [2.75, 3.05) is 5.43 Å². The Morgan fingerprint density at radius 1 is 1.47 bits per heavy atom. The van der Waals surface area contributed by atoms with E-state index in [1.54, 1.807) is 6.07 Å². The number of carbonyl (C=O) groups is 1. The van der Waals surface area contributed by atoms with Gasteiger partial charge in [-0.1, -0.05) is 20.8 Å². The number of nitrogens with two attached hydrogens (primary N) is 1. The van der Waals surface area contributed by atoms with Crippen LogP contribution in [0.4, 0.5) is 5.82 Å². The molecule has 1 heterocycles. The van der Waals surface area contributed by atoms with Gasteiger partial charge in [0.15, 0.2) is 5.82 Å². The van der Waals surface area contributed by atoms with Gasteiger partial charge >= 0.3 is 5.97 Å². The number of anilines is 1. The zero-order valence-corrected chi connectivity index (χ0v) is 9.03.